The number of amides is 1. The lowest BCUT2D eigenvalue weighted by molar-refractivity contribution is 0.0903. The van der Waals surface area contributed by atoms with E-state index in [0.29, 0.717) is 17.8 Å². The van der Waals surface area contributed by atoms with Crippen LogP contribution in [0, 0.1) is 6.92 Å². The molecule has 152 valence electrons. The zero-order valence-corrected chi connectivity index (χ0v) is 17.4. The Labute approximate surface area is 172 Å². The Bertz CT molecular complexity index is 907. The maximum atomic E-state index is 12.5. The van der Waals surface area contributed by atoms with Crippen LogP contribution in [0.15, 0.2) is 53.4 Å². The summed E-state index contributed by atoms with van der Waals surface area (Å²) in [5.41, 5.74) is 7.48. The molecule has 3 rings (SSSR count). The normalized spacial score (nSPS) is 15.5. The molecule has 1 saturated carbocycles. The molecule has 1 aliphatic carbocycles. The van der Waals surface area contributed by atoms with Crippen molar-refractivity contribution in [3.8, 4) is 0 Å². The number of benzene rings is 2. The molecule has 0 radical (unpaired) electrons. The highest BCUT2D eigenvalue weighted by atomic mass is 35.5. The molecular weight excluding hydrogens is 398 g/mol. The molecule has 0 aromatic heterocycles. The molecule has 4 N–H and O–H groups in total. The van der Waals surface area contributed by atoms with Crippen molar-refractivity contribution in [2.45, 2.75) is 43.0 Å². The molecule has 0 bridgehead atoms. The minimum Gasteiger partial charge on any atom is -0.345 e. The molecule has 1 fully saturated rings. The van der Waals surface area contributed by atoms with Crippen molar-refractivity contribution < 1.29 is 13.2 Å². The Kier molecular flexibility index (Phi) is 7.09. The molecular formula is C20H26ClN3O3S. The van der Waals surface area contributed by atoms with Gasteiger partial charge >= 0.3 is 0 Å². The highest BCUT2D eigenvalue weighted by molar-refractivity contribution is 7.92. The summed E-state index contributed by atoms with van der Waals surface area (Å²) in [4.78, 5) is 12.6. The van der Waals surface area contributed by atoms with Crippen LogP contribution in [0.25, 0.3) is 0 Å². The first kappa shape index (κ1) is 22.2. The van der Waals surface area contributed by atoms with Crippen LogP contribution in [-0.2, 0) is 10.0 Å². The monoisotopic (exact) mass is 423 g/mol. The Balaban J connectivity index is 0.00000280. The SMILES string of the molecule is Cc1ccc(NS(=O)(=O)c2ccc(C(=O)NC3(CN)CCCC3)cc2)cc1.Cl. The number of aryl methyl sites for hydroxylation is 1. The van der Waals surface area contributed by atoms with Gasteiger partial charge in [-0.15, -0.1) is 12.4 Å². The number of rotatable bonds is 6. The predicted octanol–water partition coefficient (Wildman–Crippen LogP) is 3.22. The van der Waals surface area contributed by atoms with Gasteiger partial charge in [-0.05, 0) is 56.2 Å². The molecule has 6 nitrogen and oxygen atoms in total. The second-order valence-corrected chi connectivity index (χ2v) is 8.82. The van der Waals surface area contributed by atoms with Gasteiger partial charge in [-0.3, -0.25) is 9.52 Å². The van der Waals surface area contributed by atoms with Gasteiger partial charge in [0.1, 0.15) is 0 Å². The standard InChI is InChI=1S/C20H25N3O3S.ClH/c1-15-4-8-17(9-5-15)23-27(25,26)18-10-6-16(7-11-18)19(24)22-20(14-21)12-2-3-13-20;/h4-11,23H,2-3,12-14,21H2,1H3,(H,22,24);1H. The summed E-state index contributed by atoms with van der Waals surface area (Å²) in [7, 11) is -3.71. The highest BCUT2D eigenvalue weighted by Crippen LogP contribution is 2.29. The lowest BCUT2D eigenvalue weighted by atomic mass is 9.97. The number of anilines is 1. The van der Waals surface area contributed by atoms with Gasteiger partial charge in [0, 0.05) is 17.8 Å². The van der Waals surface area contributed by atoms with Crippen molar-refractivity contribution in [2.24, 2.45) is 5.73 Å². The van der Waals surface area contributed by atoms with Gasteiger partial charge in [0.25, 0.3) is 15.9 Å². The average molecular weight is 424 g/mol. The number of halogens is 1. The summed E-state index contributed by atoms with van der Waals surface area (Å²) < 4.78 is 27.6. The Morgan fingerprint density at radius 2 is 1.61 bits per heavy atom. The molecule has 0 spiro atoms. The molecule has 8 heteroatoms. The zero-order valence-electron chi connectivity index (χ0n) is 15.8. The van der Waals surface area contributed by atoms with Crippen molar-refractivity contribution in [2.75, 3.05) is 11.3 Å². The Morgan fingerprint density at radius 3 is 2.14 bits per heavy atom. The van der Waals surface area contributed by atoms with E-state index < -0.39 is 10.0 Å². The lowest BCUT2D eigenvalue weighted by Gasteiger charge is -2.28. The van der Waals surface area contributed by atoms with Crippen LogP contribution in [0.4, 0.5) is 5.69 Å². The van der Waals surface area contributed by atoms with E-state index in [9.17, 15) is 13.2 Å². The van der Waals surface area contributed by atoms with E-state index in [4.69, 9.17) is 5.73 Å². The smallest absolute Gasteiger partial charge is 0.261 e. The minimum absolute atomic E-state index is 0. The first-order valence-corrected chi connectivity index (χ1v) is 10.5. The highest BCUT2D eigenvalue weighted by Gasteiger charge is 2.34. The molecule has 1 aliphatic rings. The zero-order chi connectivity index (χ0) is 19.5. The second-order valence-electron chi connectivity index (χ2n) is 7.14. The summed E-state index contributed by atoms with van der Waals surface area (Å²) in [6.45, 7) is 2.34. The Hall–Kier alpha value is -2.09. The van der Waals surface area contributed by atoms with Crippen molar-refractivity contribution in [3.63, 3.8) is 0 Å². The van der Waals surface area contributed by atoms with E-state index in [-0.39, 0.29) is 28.7 Å². The fraction of sp³-hybridized carbons (Fsp3) is 0.350. The van der Waals surface area contributed by atoms with Gasteiger partial charge in [-0.1, -0.05) is 30.5 Å². The maximum Gasteiger partial charge on any atom is 0.261 e. The largest absolute Gasteiger partial charge is 0.345 e. The topological polar surface area (TPSA) is 101 Å². The van der Waals surface area contributed by atoms with Gasteiger partial charge in [-0.25, -0.2) is 8.42 Å². The number of hydrogen-bond acceptors (Lipinski definition) is 4. The molecule has 0 heterocycles. The predicted molar refractivity (Wildman–Crippen MR) is 113 cm³/mol. The van der Waals surface area contributed by atoms with Crippen molar-refractivity contribution in [1.82, 2.24) is 5.32 Å². The van der Waals surface area contributed by atoms with E-state index in [1.165, 1.54) is 24.3 Å². The first-order chi connectivity index (χ1) is 12.8. The van der Waals surface area contributed by atoms with Gasteiger partial charge in [0.2, 0.25) is 0 Å². The van der Waals surface area contributed by atoms with Crippen LogP contribution in [-0.4, -0.2) is 26.4 Å². The molecule has 0 unspecified atom stereocenters. The van der Waals surface area contributed by atoms with E-state index in [1.54, 1.807) is 12.1 Å². The third-order valence-corrected chi connectivity index (χ3v) is 6.46. The van der Waals surface area contributed by atoms with Crippen molar-refractivity contribution in [1.29, 1.82) is 0 Å². The quantitative estimate of drug-likeness (QED) is 0.663. The van der Waals surface area contributed by atoms with Crippen LogP contribution in [0.3, 0.4) is 0 Å². The summed E-state index contributed by atoms with van der Waals surface area (Å²) in [6, 6.07) is 13.0. The summed E-state index contributed by atoms with van der Waals surface area (Å²) in [6.07, 6.45) is 3.86. The van der Waals surface area contributed by atoms with Crippen LogP contribution < -0.4 is 15.8 Å². The summed E-state index contributed by atoms with van der Waals surface area (Å²) in [5, 5.41) is 3.03. The van der Waals surface area contributed by atoms with E-state index in [2.05, 4.69) is 10.0 Å². The molecule has 0 aliphatic heterocycles. The van der Waals surface area contributed by atoms with Gasteiger partial charge in [0.05, 0.1) is 10.4 Å². The summed E-state index contributed by atoms with van der Waals surface area (Å²) in [5.74, 6) is -0.224. The molecule has 1 amide bonds. The third-order valence-electron chi connectivity index (χ3n) is 5.06. The molecule has 2 aromatic rings. The average Bonchev–Trinajstić information content (AvgIpc) is 3.12. The van der Waals surface area contributed by atoms with E-state index in [1.807, 2.05) is 19.1 Å². The second kappa shape index (κ2) is 8.94. The molecule has 0 saturated heterocycles. The van der Waals surface area contributed by atoms with Gasteiger partial charge in [-0.2, -0.15) is 0 Å². The van der Waals surface area contributed by atoms with Crippen LogP contribution in [0.5, 0.6) is 0 Å². The van der Waals surface area contributed by atoms with E-state index in [0.717, 1.165) is 31.2 Å². The first-order valence-electron chi connectivity index (χ1n) is 9.06. The number of carbonyl (C=O) groups is 1. The minimum atomic E-state index is -3.71. The molecule has 28 heavy (non-hydrogen) atoms. The number of sulfonamides is 1. The number of nitrogens with one attached hydrogen (secondary N) is 2. The fourth-order valence-electron chi connectivity index (χ4n) is 3.37. The van der Waals surface area contributed by atoms with Crippen LogP contribution in [0.2, 0.25) is 0 Å². The third kappa shape index (κ3) is 5.04. The number of carbonyl (C=O) groups excluding carboxylic acids is 1. The molecule has 0 atom stereocenters. The van der Waals surface area contributed by atoms with Crippen molar-refractivity contribution >= 4 is 34.0 Å². The Morgan fingerprint density at radius 1 is 1.04 bits per heavy atom. The van der Waals surface area contributed by atoms with Gasteiger partial charge in [0.15, 0.2) is 0 Å². The number of hydrogen-bond donors (Lipinski definition) is 3. The maximum absolute atomic E-state index is 12.5. The fourth-order valence-corrected chi connectivity index (χ4v) is 4.42. The number of nitrogens with two attached hydrogens (primary N) is 1. The van der Waals surface area contributed by atoms with Crippen LogP contribution >= 0.6 is 12.4 Å². The molecule has 2 aromatic carbocycles. The van der Waals surface area contributed by atoms with E-state index >= 15 is 0 Å². The summed E-state index contributed by atoms with van der Waals surface area (Å²) >= 11 is 0. The van der Waals surface area contributed by atoms with Crippen molar-refractivity contribution in [3.05, 3.63) is 59.7 Å². The van der Waals surface area contributed by atoms with Gasteiger partial charge < -0.3 is 11.1 Å². The van der Waals surface area contributed by atoms with Crippen LogP contribution in [0.1, 0.15) is 41.6 Å². The lowest BCUT2D eigenvalue weighted by Crippen LogP contribution is -2.51.